The Morgan fingerprint density at radius 3 is 2.61 bits per heavy atom. The molecule has 0 radical (unpaired) electrons. The molecule has 28 heavy (non-hydrogen) atoms. The van der Waals surface area contributed by atoms with Crippen molar-refractivity contribution in [2.75, 3.05) is 6.61 Å². The number of carbonyl (C=O) groups is 2. The molecular formula is C17H15BrN4O5S. The van der Waals surface area contributed by atoms with Crippen LogP contribution in [-0.4, -0.2) is 28.5 Å². The van der Waals surface area contributed by atoms with Crippen LogP contribution in [0, 0.1) is 17.0 Å². The second-order valence-electron chi connectivity index (χ2n) is 5.43. The molecule has 0 aliphatic carbocycles. The van der Waals surface area contributed by atoms with Crippen LogP contribution in [0.2, 0.25) is 0 Å². The highest BCUT2D eigenvalue weighted by Gasteiger charge is 2.19. The molecule has 11 heteroatoms. The van der Waals surface area contributed by atoms with E-state index in [0.29, 0.717) is 5.75 Å². The quantitative estimate of drug-likeness (QED) is 0.351. The summed E-state index contributed by atoms with van der Waals surface area (Å²) in [7, 11) is 0. The van der Waals surface area contributed by atoms with E-state index in [9.17, 15) is 19.7 Å². The van der Waals surface area contributed by atoms with Gasteiger partial charge < -0.3 is 4.74 Å². The molecule has 0 heterocycles. The number of hydrogen-bond donors (Lipinski definition) is 3. The normalized spacial score (nSPS) is 9.93. The van der Waals surface area contributed by atoms with Gasteiger partial charge in [0.2, 0.25) is 0 Å². The third kappa shape index (κ3) is 5.99. The number of nitrogens with zero attached hydrogens (tertiary/aromatic N) is 1. The first-order valence-corrected chi connectivity index (χ1v) is 9.00. The third-order valence-electron chi connectivity index (χ3n) is 3.39. The second-order valence-corrected chi connectivity index (χ2v) is 6.69. The number of thiocarbonyl (C=S) groups is 1. The maximum Gasteiger partial charge on any atom is 0.282 e. The van der Waals surface area contributed by atoms with Crippen molar-refractivity contribution in [1.82, 2.24) is 16.2 Å². The van der Waals surface area contributed by atoms with E-state index in [4.69, 9.17) is 17.0 Å². The van der Waals surface area contributed by atoms with Gasteiger partial charge in [0.1, 0.15) is 11.3 Å². The lowest BCUT2D eigenvalue weighted by molar-refractivity contribution is -0.385. The highest BCUT2D eigenvalue weighted by Crippen LogP contribution is 2.21. The van der Waals surface area contributed by atoms with Gasteiger partial charge in [0.15, 0.2) is 11.7 Å². The Bertz CT molecular complexity index is 938. The molecule has 0 saturated carbocycles. The minimum absolute atomic E-state index is 0.156. The number of ether oxygens (including phenoxy) is 1. The molecule has 0 aliphatic heterocycles. The van der Waals surface area contributed by atoms with Gasteiger partial charge in [0, 0.05) is 10.5 Å². The fourth-order valence-electron chi connectivity index (χ4n) is 2.04. The van der Waals surface area contributed by atoms with E-state index in [0.717, 1.165) is 10.0 Å². The lowest BCUT2D eigenvalue weighted by Crippen LogP contribution is -2.49. The van der Waals surface area contributed by atoms with Crippen molar-refractivity contribution in [3.63, 3.8) is 0 Å². The number of nitrogens with one attached hydrogen (secondary N) is 3. The van der Waals surface area contributed by atoms with Crippen LogP contribution in [0.3, 0.4) is 0 Å². The fourth-order valence-corrected chi connectivity index (χ4v) is 2.44. The summed E-state index contributed by atoms with van der Waals surface area (Å²) in [4.78, 5) is 34.2. The first-order chi connectivity index (χ1) is 13.3. The summed E-state index contributed by atoms with van der Waals surface area (Å²) >= 11 is 8.26. The molecule has 9 nitrogen and oxygen atoms in total. The Morgan fingerprint density at radius 2 is 1.93 bits per heavy atom. The summed E-state index contributed by atoms with van der Waals surface area (Å²) in [6, 6.07) is 10.7. The number of carbonyl (C=O) groups excluding carboxylic acids is 2. The summed E-state index contributed by atoms with van der Waals surface area (Å²) in [5.74, 6) is -0.799. The van der Waals surface area contributed by atoms with Crippen LogP contribution in [0.25, 0.3) is 0 Å². The van der Waals surface area contributed by atoms with Gasteiger partial charge >= 0.3 is 0 Å². The maximum atomic E-state index is 12.1. The lowest BCUT2D eigenvalue weighted by atomic mass is 10.1. The highest BCUT2D eigenvalue weighted by molar-refractivity contribution is 9.10. The summed E-state index contributed by atoms with van der Waals surface area (Å²) in [5.41, 5.74) is 5.03. The van der Waals surface area contributed by atoms with E-state index in [1.165, 1.54) is 24.3 Å². The number of hydrogen-bond acceptors (Lipinski definition) is 6. The van der Waals surface area contributed by atoms with Crippen molar-refractivity contribution >= 4 is 50.8 Å². The van der Waals surface area contributed by atoms with Crippen molar-refractivity contribution in [3.8, 4) is 5.75 Å². The first kappa shape index (κ1) is 21.3. The van der Waals surface area contributed by atoms with Gasteiger partial charge in [0.25, 0.3) is 17.5 Å². The smallest absolute Gasteiger partial charge is 0.282 e. The molecule has 2 aromatic carbocycles. The van der Waals surface area contributed by atoms with E-state index in [1.807, 2.05) is 6.92 Å². The zero-order chi connectivity index (χ0) is 20.7. The van der Waals surface area contributed by atoms with Crippen molar-refractivity contribution in [2.24, 2.45) is 0 Å². The van der Waals surface area contributed by atoms with E-state index in [2.05, 4.69) is 32.1 Å². The molecule has 0 unspecified atom stereocenters. The molecule has 2 amide bonds. The number of hydrazine groups is 1. The number of nitro groups is 1. The Morgan fingerprint density at radius 1 is 1.21 bits per heavy atom. The van der Waals surface area contributed by atoms with Gasteiger partial charge in [-0.1, -0.05) is 28.1 Å². The molecule has 146 valence electrons. The average molecular weight is 467 g/mol. The summed E-state index contributed by atoms with van der Waals surface area (Å²) in [6.45, 7) is 1.60. The molecule has 2 rings (SSSR count). The second kappa shape index (κ2) is 9.76. The zero-order valence-electron chi connectivity index (χ0n) is 14.5. The van der Waals surface area contributed by atoms with Crippen LogP contribution in [-0.2, 0) is 4.79 Å². The van der Waals surface area contributed by atoms with Crippen LogP contribution in [0.1, 0.15) is 15.9 Å². The average Bonchev–Trinajstić information content (AvgIpc) is 2.67. The van der Waals surface area contributed by atoms with Crippen LogP contribution < -0.4 is 20.9 Å². The van der Waals surface area contributed by atoms with E-state index >= 15 is 0 Å². The van der Waals surface area contributed by atoms with Gasteiger partial charge in [-0.05, 0) is 49.0 Å². The molecular weight excluding hydrogens is 452 g/mol. The Kier molecular flexibility index (Phi) is 7.41. The van der Waals surface area contributed by atoms with E-state index in [1.54, 1.807) is 18.2 Å². The van der Waals surface area contributed by atoms with Crippen molar-refractivity contribution < 1.29 is 19.2 Å². The molecule has 0 aliphatic rings. The Labute approximate surface area is 173 Å². The minimum atomic E-state index is -0.777. The minimum Gasteiger partial charge on any atom is -0.484 e. The number of para-hydroxylation sites is 1. The molecule has 0 saturated heterocycles. The van der Waals surface area contributed by atoms with Crippen molar-refractivity contribution in [2.45, 2.75) is 6.92 Å². The summed E-state index contributed by atoms with van der Waals surface area (Å²) in [6.07, 6.45) is 0. The molecule has 0 spiro atoms. The van der Waals surface area contributed by atoms with Crippen LogP contribution in [0.5, 0.6) is 5.75 Å². The molecule has 3 N–H and O–H groups in total. The number of amides is 2. The fraction of sp³-hybridized carbons (Fsp3) is 0.118. The van der Waals surface area contributed by atoms with Crippen LogP contribution >= 0.6 is 28.1 Å². The standard InChI is InChI=1S/C17H15BrN4O5S/c1-10-8-11(6-7-13(10)18)27-9-15(23)20-21-17(28)19-16(24)12-4-2-3-5-14(12)22(25)26/h2-8H,9H2,1H3,(H,20,23)(H2,19,21,24,28). The number of aryl methyl sites for hydroxylation is 1. The topological polar surface area (TPSA) is 123 Å². The summed E-state index contributed by atoms with van der Waals surface area (Å²) < 4.78 is 6.27. The van der Waals surface area contributed by atoms with Gasteiger partial charge in [-0.3, -0.25) is 35.9 Å². The van der Waals surface area contributed by atoms with Crippen LogP contribution in [0.15, 0.2) is 46.9 Å². The largest absolute Gasteiger partial charge is 0.484 e. The highest BCUT2D eigenvalue weighted by atomic mass is 79.9. The number of benzene rings is 2. The molecule has 2 aromatic rings. The number of halogens is 1. The van der Waals surface area contributed by atoms with Gasteiger partial charge in [-0.25, -0.2) is 0 Å². The van der Waals surface area contributed by atoms with Crippen molar-refractivity contribution in [1.29, 1.82) is 0 Å². The summed E-state index contributed by atoms with van der Waals surface area (Å²) in [5, 5.41) is 13.0. The molecule has 0 atom stereocenters. The zero-order valence-corrected chi connectivity index (χ0v) is 16.9. The van der Waals surface area contributed by atoms with Gasteiger partial charge in [-0.15, -0.1) is 0 Å². The predicted octanol–water partition coefficient (Wildman–Crippen LogP) is 2.38. The van der Waals surface area contributed by atoms with E-state index < -0.39 is 16.7 Å². The van der Waals surface area contributed by atoms with Gasteiger partial charge in [0.05, 0.1) is 4.92 Å². The van der Waals surface area contributed by atoms with Gasteiger partial charge in [-0.2, -0.15) is 0 Å². The molecule has 0 aromatic heterocycles. The van der Waals surface area contributed by atoms with Crippen molar-refractivity contribution in [3.05, 3.63) is 68.2 Å². The number of rotatable bonds is 5. The predicted molar refractivity (Wildman–Crippen MR) is 109 cm³/mol. The third-order valence-corrected chi connectivity index (χ3v) is 4.48. The Hall–Kier alpha value is -3.05. The SMILES string of the molecule is Cc1cc(OCC(=O)NNC(=S)NC(=O)c2ccccc2[N+](=O)[O-])ccc1Br. The molecule has 0 bridgehead atoms. The number of nitro benzene ring substituents is 1. The van der Waals surface area contributed by atoms with E-state index in [-0.39, 0.29) is 23.0 Å². The lowest BCUT2D eigenvalue weighted by Gasteiger charge is -2.12. The molecule has 0 fully saturated rings. The first-order valence-electron chi connectivity index (χ1n) is 7.80. The maximum absolute atomic E-state index is 12.1. The van der Waals surface area contributed by atoms with Crippen LogP contribution in [0.4, 0.5) is 5.69 Å². The monoisotopic (exact) mass is 466 g/mol. The Balaban J connectivity index is 1.81.